The van der Waals surface area contributed by atoms with Gasteiger partial charge in [-0.1, -0.05) is 12.1 Å². The average Bonchev–Trinajstić information content (AvgIpc) is 3.02. The standard InChI is InChI=1S/C15H21NO/c16-15(10-11-15)9-8-12-4-6-14(7-5-12)17-13-2-1-3-13/h4-7,13H,1-3,8-11,16H2. The van der Waals surface area contributed by atoms with Crippen LogP contribution in [0, 0.1) is 0 Å². The maximum absolute atomic E-state index is 6.09. The molecule has 2 aliphatic carbocycles. The molecule has 0 saturated heterocycles. The van der Waals surface area contributed by atoms with E-state index in [-0.39, 0.29) is 5.54 Å². The van der Waals surface area contributed by atoms with Gasteiger partial charge in [0, 0.05) is 5.54 Å². The normalized spacial score (nSPS) is 21.9. The number of rotatable bonds is 5. The Morgan fingerprint density at radius 3 is 2.41 bits per heavy atom. The summed E-state index contributed by atoms with van der Waals surface area (Å²) in [6.07, 6.45) is 8.86. The van der Waals surface area contributed by atoms with Crippen molar-refractivity contribution in [3.05, 3.63) is 29.8 Å². The smallest absolute Gasteiger partial charge is 0.119 e. The van der Waals surface area contributed by atoms with Crippen LogP contribution in [0.15, 0.2) is 24.3 Å². The van der Waals surface area contributed by atoms with E-state index < -0.39 is 0 Å². The summed E-state index contributed by atoms with van der Waals surface area (Å²) < 4.78 is 5.84. The van der Waals surface area contributed by atoms with Crippen molar-refractivity contribution >= 4 is 0 Å². The van der Waals surface area contributed by atoms with E-state index in [2.05, 4.69) is 24.3 Å². The minimum absolute atomic E-state index is 0.168. The van der Waals surface area contributed by atoms with Gasteiger partial charge in [-0.2, -0.15) is 0 Å². The van der Waals surface area contributed by atoms with Gasteiger partial charge in [0.15, 0.2) is 0 Å². The molecule has 2 N–H and O–H groups in total. The first-order chi connectivity index (χ1) is 8.23. The molecule has 2 nitrogen and oxygen atoms in total. The molecular weight excluding hydrogens is 210 g/mol. The Kier molecular flexibility index (Phi) is 2.83. The molecule has 0 heterocycles. The number of ether oxygens (including phenoxy) is 1. The first-order valence-electron chi connectivity index (χ1n) is 6.78. The third kappa shape index (κ3) is 2.81. The Labute approximate surface area is 103 Å². The van der Waals surface area contributed by atoms with Gasteiger partial charge in [0.1, 0.15) is 5.75 Å². The van der Waals surface area contributed by atoms with Crippen LogP contribution in [0.25, 0.3) is 0 Å². The number of aryl methyl sites for hydroxylation is 1. The van der Waals surface area contributed by atoms with Gasteiger partial charge in [0.2, 0.25) is 0 Å². The average molecular weight is 231 g/mol. The topological polar surface area (TPSA) is 35.2 Å². The molecule has 0 spiro atoms. The summed E-state index contributed by atoms with van der Waals surface area (Å²) in [4.78, 5) is 0. The molecule has 17 heavy (non-hydrogen) atoms. The van der Waals surface area contributed by atoms with Crippen molar-refractivity contribution < 1.29 is 4.74 Å². The number of hydrogen-bond acceptors (Lipinski definition) is 2. The fraction of sp³-hybridized carbons (Fsp3) is 0.600. The van der Waals surface area contributed by atoms with Crippen LogP contribution in [-0.4, -0.2) is 11.6 Å². The van der Waals surface area contributed by atoms with Crippen molar-refractivity contribution in [2.24, 2.45) is 5.73 Å². The minimum Gasteiger partial charge on any atom is -0.490 e. The van der Waals surface area contributed by atoms with Gasteiger partial charge < -0.3 is 10.5 Å². The van der Waals surface area contributed by atoms with E-state index >= 15 is 0 Å². The van der Waals surface area contributed by atoms with Crippen LogP contribution in [0.5, 0.6) is 5.75 Å². The maximum atomic E-state index is 6.09. The summed E-state index contributed by atoms with van der Waals surface area (Å²) in [5.74, 6) is 1.02. The molecule has 2 fully saturated rings. The third-order valence-electron chi connectivity index (χ3n) is 4.08. The molecule has 92 valence electrons. The molecule has 0 aliphatic heterocycles. The Morgan fingerprint density at radius 1 is 1.18 bits per heavy atom. The van der Waals surface area contributed by atoms with Crippen LogP contribution in [-0.2, 0) is 6.42 Å². The molecule has 1 aromatic rings. The monoisotopic (exact) mass is 231 g/mol. The zero-order chi connectivity index (χ0) is 11.7. The van der Waals surface area contributed by atoms with E-state index in [4.69, 9.17) is 10.5 Å². The Balaban J connectivity index is 1.51. The second-order valence-electron chi connectivity index (χ2n) is 5.68. The molecule has 0 radical (unpaired) electrons. The van der Waals surface area contributed by atoms with Gasteiger partial charge in [0.05, 0.1) is 6.10 Å². The lowest BCUT2D eigenvalue weighted by atomic mass is 9.96. The van der Waals surface area contributed by atoms with Gasteiger partial charge in [-0.25, -0.2) is 0 Å². The lowest BCUT2D eigenvalue weighted by Gasteiger charge is -2.26. The lowest BCUT2D eigenvalue weighted by Crippen LogP contribution is -2.24. The van der Waals surface area contributed by atoms with E-state index in [0.717, 1.165) is 18.6 Å². The highest BCUT2D eigenvalue weighted by Gasteiger charge is 2.37. The van der Waals surface area contributed by atoms with Crippen LogP contribution < -0.4 is 10.5 Å². The highest BCUT2D eigenvalue weighted by molar-refractivity contribution is 5.28. The second-order valence-corrected chi connectivity index (χ2v) is 5.68. The number of nitrogens with two attached hydrogens (primary N) is 1. The van der Waals surface area contributed by atoms with Gasteiger partial charge in [-0.05, 0) is 62.6 Å². The van der Waals surface area contributed by atoms with Crippen LogP contribution in [0.4, 0.5) is 0 Å². The van der Waals surface area contributed by atoms with E-state index in [1.54, 1.807) is 0 Å². The van der Waals surface area contributed by atoms with Crippen molar-refractivity contribution in [2.45, 2.75) is 56.6 Å². The van der Waals surface area contributed by atoms with Crippen molar-refractivity contribution in [3.63, 3.8) is 0 Å². The van der Waals surface area contributed by atoms with Gasteiger partial charge in [-0.15, -0.1) is 0 Å². The minimum atomic E-state index is 0.168. The molecule has 0 bridgehead atoms. The van der Waals surface area contributed by atoms with Gasteiger partial charge in [-0.3, -0.25) is 0 Å². The highest BCUT2D eigenvalue weighted by Crippen LogP contribution is 2.36. The molecule has 0 unspecified atom stereocenters. The number of hydrogen-bond donors (Lipinski definition) is 1. The summed E-state index contributed by atoms with van der Waals surface area (Å²) in [6, 6.07) is 8.56. The number of benzene rings is 1. The summed E-state index contributed by atoms with van der Waals surface area (Å²) in [7, 11) is 0. The summed E-state index contributed by atoms with van der Waals surface area (Å²) in [6.45, 7) is 0. The first-order valence-corrected chi connectivity index (χ1v) is 6.78. The quantitative estimate of drug-likeness (QED) is 0.845. The highest BCUT2D eigenvalue weighted by atomic mass is 16.5. The molecular formula is C15H21NO. The molecule has 2 heteroatoms. The van der Waals surface area contributed by atoms with Crippen LogP contribution >= 0.6 is 0 Å². The van der Waals surface area contributed by atoms with Crippen molar-refractivity contribution in [3.8, 4) is 5.75 Å². The Morgan fingerprint density at radius 2 is 1.88 bits per heavy atom. The fourth-order valence-electron chi connectivity index (χ4n) is 2.22. The predicted octanol–water partition coefficient (Wildman–Crippen LogP) is 3.04. The molecule has 0 amide bonds. The largest absolute Gasteiger partial charge is 0.490 e. The van der Waals surface area contributed by atoms with Gasteiger partial charge in [0.25, 0.3) is 0 Å². The fourth-order valence-corrected chi connectivity index (χ4v) is 2.22. The molecule has 2 saturated carbocycles. The first kappa shape index (κ1) is 11.1. The molecule has 1 aromatic carbocycles. The van der Waals surface area contributed by atoms with E-state index in [1.165, 1.54) is 37.7 Å². The molecule has 0 atom stereocenters. The molecule has 2 aliphatic rings. The summed E-state index contributed by atoms with van der Waals surface area (Å²) in [5.41, 5.74) is 7.64. The van der Waals surface area contributed by atoms with E-state index in [1.807, 2.05) is 0 Å². The summed E-state index contributed by atoms with van der Waals surface area (Å²) in [5, 5.41) is 0. The molecule has 0 aromatic heterocycles. The van der Waals surface area contributed by atoms with Gasteiger partial charge >= 0.3 is 0 Å². The molecule has 3 rings (SSSR count). The predicted molar refractivity (Wildman–Crippen MR) is 69.2 cm³/mol. The van der Waals surface area contributed by atoms with E-state index in [0.29, 0.717) is 6.10 Å². The van der Waals surface area contributed by atoms with E-state index in [9.17, 15) is 0 Å². The Bertz CT molecular complexity index is 376. The lowest BCUT2D eigenvalue weighted by molar-refractivity contribution is 0.120. The second kappa shape index (κ2) is 4.34. The van der Waals surface area contributed by atoms with Crippen molar-refractivity contribution in [2.75, 3.05) is 0 Å². The van der Waals surface area contributed by atoms with Crippen LogP contribution in [0.2, 0.25) is 0 Å². The van der Waals surface area contributed by atoms with Crippen molar-refractivity contribution in [1.29, 1.82) is 0 Å². The zero-order valence-corrected chi connectivity index (χ0v) is 10.3. The van der Waals surface area contributed by atoms with Crippen molar-refractivity contribution in [1.82, 2.24) is 0 Å². The van der Waals surface area contributed by atoms with Crippen LogP contribution in [0.3, 0.4) is 0 Å². The maximum Gasteiger partial charge on any atom is 0.119 e. The Hall–Kier alpha value is -1.02. The zero-order valence-electron chi connectivity index (χ0n) is 10.3. The summed E-state index contributed by atoms with van der Waals surface area (Å²) >= 11 is 0. The SMILES string of the molecule is NC1(CCc2ccc(OC3CCC3)cc2)CC1. The van der Waals surface area contributed by atoms with Crippen LogP contribution in [0.1, 0.15) is 44.1 Å². The third-order valence-corrected chi connectivity index (χ3v) is 4.08.